The zero-order valence-corrected chi connectivity index (χ0v) is 21.5. The molecule has 4 rings (SSSR count). The molecule has 36 heavy (non-hydrogen) atoms. The predicted octanol–water partition coefficient (Wildman–Crippen LogP) is 4.32. The highest BCUT2D eigenvalue weighted by Crippen LogP contribution is 2.34. The van der Waals surface area contributed by atoms with Crippen LogP contribution in [0.25, 0.3) is 0 Å². The van der Waals surface area contributed by atoms with Gasteiger partial charge in [0.1, 0.15) is 17.3 Å². The number of piperazine rings is 1. The van der Waals surface area contributed by atoms with Gasteiger partial charge in [0.25, 0.3) is 0 Å². The van der Waals surface area contributed by atoms with Gasteiger partial charge in [0.05, 0.1) is 0 Å². The van der Waals surface area contributed by atoms with Crippen LogP contribution in [0.1, 0.15) is 77.2 Å². The number of amides is 1. The summed E-state index contributed by atoms with van der Waals surface area (Å²) in [4.78, 5) is 39.0. The fraction of sp³-hybridized carbons (Fsp3) is 0.692. The average molecular weight is 508 g/mol. The molecule has 0 spiro atoms. The number of carbonyl (C=O) groups is 2. The number of halogens is 3. The van der Waals surface area contributed by atoms with Crippen molar-refractivity contribution in [2.24, 2.45) is 0 Å². The lowest BCUT2D eigenvalue weighted by Crippen LogP contribution is -2.47. The van der Waals surface area contributed by atoms with Crippen molar-refractivity contribution in [1.29, 1.82) is 0 Å². The molecule has 2 aliphatic heterocycles. The molecule has 1 fully saturated rings. The molecular formula is C26H36F3N5O2. The second kappa shape index (κ2) is 10.5. The van der Waals surface area contributed by atoms with Crippen molar-refractivity contribution in [2.45, 2.75) is 77.3 Å². The first kappa shape index (κ1) is 26.6. The summed E-state index contributed by atoms with van der Waals surface area (Å²) in [6.45, 7) is 9.61. The van der Waals surface area contributed by atoms with Crippen molar-refractivity contribution in [3.63, 3.8) is 0 Å². The highest BCUT2D eigenvalue weighted by Gasteiger charge is 2.36. The molecule has 3 heterocycles. The molecule has 1 aliphatic carbocycles. The molecule has 0 unspecified atom stereocenters. The Morgan fingerprint density at radius 2 is 1.58 bits per heavy atom. The summed E-state index contributed by atoms with van der Waals surface area (Å²) in [6, 6.07) is 1.06. The van der Waals surface area contributed by atoms with Crippen molar-refractivity contribution >= 4 is 17.5 Å². The summed E-state index contributed by atoms with van der Waals surface area (Å²) in [5.74, 6) is 0.846. The SMILES string of the molecule is CC(C)(C)c1nc(N2CCN(CCCCN3C(=O)CCC4=C3CCCC4=O)CC2)cc(C(F)(F)F)n1. The number of hydrogen-bond acceptors (Lipinski definition) is 6. The molecule has 3 aliphatic rings. The highest BCUT2D eigenvalue weighted by molar-refractivity contribution is 5.99. The number of alkyl halides is 3. The number of anilines is 1. The zero-order valence-electron chi connectivity index (χ0n) is 21.5. The van der Waals surface area contributed by atoms with Crippen molar-refractivity contribution < 1.29 is 22.8 Å². The van der Waals surface area contributed by atoms with Gasteiger partial charge >= 0.3 is 6.18 Å². The van der Waals surface area contributed by atoms with Crippen LogP contribution >= 0.6 is 0 Å². The highest BCUT2D eigenvalue weighted by atomic mass is 19.4. The van der Waals surface area contributed by atoms with E-state index in [0.717, 1.165) is 62.7 Å². The van der Waals surface area contributed by atoms with E-state index in [9.17, 15) is 22.8 Å². The van der Waals surface area contributed by atoms with Gasteiger partial charge in [-0.1, -0.05) is 20.8 Å². The number of carbonyl (C=O) groups excluding carboxylic acids is 2. The molecule has 1 amide bonds. The van der Waals surface area contributed by atoms with E-state index in [1.165, 1.54) is 0 Å². The first-order valence-electron chi connectivity index (χ1n) is 12.9. The minimum absolute atomic E-state index is 0.120. The largest absolute Gasteiger partial charge is 0.433 e. The van der Waals surface area contributed by atoms with Gasteiger partial charge in [-0.3, -0.25) is 14.5 Å². The number of ketones is 1. The summed E-state index contributed by atoms with van der Waals surface area (Å²) in [6.07, 6.45) is 0.482. The van der Waals surface area contributed by atoms with Crippen molar-refractivity contribution in [2.75, 3.05) is 44.2 Å². The minimum Gasteiger partial charge on any atom is -0.354 e. The Morgan fingerprint density at radius 1 is 0.889 bits per heavy atom. The smallest absolute Gasteiger partial charge is 0.354 e. The molecule has 1 saturated heterocycles. The molecule has 10 heteroatoms. The second-order valence-corrected chi connectivity index (χ2v) is 11.0. The first-order chi connectivity index (χ1) is 16.9. The van der Waals surface area contributed by atoms with E-state index in [2.05, 4.69) is 14.9 Å². The summed E-state index contributed by atoms with van der Waals surface area (Å²) in [5, 5.41) is 0. The molecule has 7 nitrogen and oxygen atoms in total. The number of unbranched alkanes of at least 4 members (excludes halogenated alkanes) is 1. The van der Waals surface area contributed by atoms with Crippen LogP contribution in [0.5, 0.6) is 0 Å². The monoisotopic (exact) mass is 507 g/mol. The Labute approximate surface area is 210 Å². The van der Waals surface area contributed by atoms with Gasteiger partial charge in [-0.2, -0.15) is 13.2 Å². The predicted molar refractivity (Wildman–Crippen MR) is 130 cm³/mol. The topological polar surface area (TPSA) is 69.6 Å². The van der Waals surface area contributed by atoms with Gasteiger partial charge in [-0.15, -0.1) is 0 Å². The summed E-state index contributed by atoms with van der Waals surface area (Å²) < 4.78 is 40.3. The number of allylic oxidation sites excluding steroid dienone is 2. The van der Waals surface area contributed by atoms with Gasteiger partial charge in [-0.25, -0.2) is 9.97 Å². The Bertz CT molecular complexity index is 991. The van der Waals surface area contributed by atoms with E-state index in [4.69, 9.17) is 0 Å². The van der Waals surface area contributed by atoms with Gasteiger partial charge < -0.3 is 9.80 Å². The van der Waals surface area contributed by atoms with Crippen molar-refractivity contribution in [1.82, 2.24) is 19.8 Å². The van der Waals surface area contributed by atoms with Crippen LogP contribution in [0.3, 0.4) is 0 Å². The number of hydrogen-bond donors (Lipinski definition) is 0. The Kier molecular flexibility index (Phi) is 7.73. The van der Waals surface area contributed by atoms with Crippen LogP contribution in [-0.4, -0.2) is 70.7 Å². The quantitative estimate of drug-likeness (QED) is 0.534. The molecule has 0 bridgehead atoms. The molecule has 0 atom stereocenters. The molecule has 1 aromatic heterocycles. The van der Waals surface area contributed by atoms with E-state index in [1.54, 1.807) is 0 Å². The molecule has 1 aromatic rings. The maximum absolute atomic E-state index is 13.4. The number of rotatable bonds is 6. The third-order valence-electron chi connectivity index (χ3n) is 7.19. The number of nitrogens with zero attached hydrogens (tertiary/aromatic N) is 5. The maximum Gasteiger partial charge on any atom is 0.433 e. The lowest BCUT2D eigenvalue weighted by molar-refractivity contribution is -0.141. The summed E-state index contributed by atoms with van der Waals surface area (Å²) in [7, 11) is 0. The molecule has 198 valence electrons. The lowest BCUT2D eigenvalue weighted by atomic mass is 9.88. The second-order valence-electron chi connectivity index (χ2n) is 11.0. The van der Waals surface area contributed by atoms with E-state index >= 15 is 0 Å². The Morgan fingerprint density at radius 3 is 2.25 bits per heavy atom. The molecule has 0 aromatic carbocycles. The first-order valence-corrected chi connectivity index (χ1v) is 12.9. The van der Waals surface area contributed by atoms with Crippen LogP contribution in [0, 0.1) is 0 Å². The lowest BCUT2D eigenvalue weighted by Gasteiger charge is -2.36. The van der Waals surface area contributed by atoms with Crippen LogP contribution in [0.15, 0.2) is 17.3 Å². The van der Waals surface area contributed by atoms with Crippen LogP contribution < -0.4 is 4.90 Å². The van der Waals surface area contributed by atoms with Crippen molar-refractivity contribution in [3.8, 4) is 0 Å². The molecule has 0 saturated carbocycles. The number of Topliss-reactive ketones (excluding diaryl/α,β-unsaturated/α-hetero) is 1. The zero-order chi connectivity index (χ0) is 26.1. The van der Waals surface area contributed by atoms with E-state index in [-0.39, 0.29) is 17.5 Å². The third-order valence-corrected chi connectivity index (χ3v) is 7.19. The number of aromatic nitrogens is 2. The van der Waals surface area contributed by atoms with Gasteiger partial charge in [0, 0.05) is 68.3 Å². The summed E-state index contributed by atoms with van der Waals surface area (Å²) in [5.41, 5.74) is 0.332. The van der Waals surface area contributed by atoms with Gasteiger partial charge in [-0.05, 0) is 38.6 Å². The fourth-order valence-electron chi connectivity index (χ4n) is 5.12. The standard InChI is InChI=1S/C26H36F3N5O2/c1-25(2,3)24-30-21(26(27,28)29)17-22(31-24)33-15-13-32(14-16-33)11-4-5-12-34-19-7-6-8-20(35)18(19)9-10-23(34)36/h17H,4-16H2,1-3H3. The van der Waals surface area contributed by atoms with Crippen LogP contribution in [0.4, 0.5) is 19.0 Å². The van der Waals surface area contributed by atoms with Crippen LogP contribution in [0.2, 0.25) is 0 Å². The maximum atomic E-state index is 13.4. The van der Waals surface area contributed by atoms with Gasteiger partial charge in [0.2, 0.25) is 5.91 Å². The minimum atomic E-state index is -4.52. The van der Waals surface area contributed by atoms with Crippen LogP contribution in [-0.2, 0) is 21.2 Å². The normalized spacial score (nSPS) is 20.3. The Balaban J connectivity index is 1.29. The Hall–Kier alpha value is -2.49. The van der Waals surface area contributed by atoms with E-state index < -0.39 is 17.3 Å². The third kappa shape index (κ3) is 6.07. The van der Waals surface area contributed by atoms with Crippen molar-refractivity contribution in [3.05, 3.63) is 28.9 Å². The fourth-order valence-corrected chi connectivity index (χ4v) is 5.12. The van der Waals surface area contributed by atoms with E-state index in [1.807, 2.05) is 30.6 Å². The van der Waals surface area contributed by atoms with E-state index in [0.29, 0.717) is 44.7 Å². The summed E-state index contributed by atoms with van der Waals surface area (Å²) >= 11 is 0. The molecular weight excluding hydrogens is 471 g/mol. The van der Waals surface area contributed by atoms with Gasteiger partial charge in [0.15, 0.2) is 5.78 Å². The average Bonchev–Trinajstić information content (AvgIpc) is 2.82. The molecule has 0 radical (unpaired) electrons. The molecule has 0 N–H and O–H groups in total.